The van der Waals surface area contributed by atoms with Gasteiger partial charge in [-0.15, -0.1) is 0 Å². The minimum Gasteiger partial charge on any atom is -0.364 e. The molecule has 0 spiro atoms. The van der Waals surface area contributed by atoms with Crippen LogP contribution in [0, 0.1) is 17.0 Å². The Bertz CT molecular complexity index is 462. The molecular formula is C8H7F2N3O3. The predicted molar refractivity (Wildman–Crippen MR) is 49.1 cm³/mol. The molecule has 0 unspecified atom stereocenters. The number of hydrogen-bond acceptors (Lipinski definition) is 4. The second-order valence-corrected chi connectivity index (χ2v) is 2.97. The Kier molecular flexibility index (Phi) is 3.11. The highest BCUT2D eigenvalue weighted by atomic mass is 19.3. The summed E-state index contributed by atoms with van der Waals surface area (Å²) in [5.74, 6) is -1.21. The molecule has 0 aliphatic heterocycles. The molecule has 2 N–H and O–H groups in total. The van der Waals surface area contributed by atoms with Gasteiger partial charge in [0.15, 0.2) is 0 Å². The lowest BCUT2D eigenvalue weighted by atomic mass is 10.1. The fourth-order valence-corrected chi connectivity index (χ4v) is 1.22. The predicted octanol–water partition coefficient (Wildman–Crippen LogP) is 1.33. The van der Waals surface area contributed by atoms with Crippen molar-refractivity contribution in [3.8, 4) is 0 Å². The summed E-state index contributed by atoms with van der Waals surface area (Å²) in [7, 11) is 0. The fourth-order valence-electron chi connectivity index (χ4n) is 1.22. The molecule has 1 amide bonds. The molecule has 0 atom stereocenters. The van der Waals surface area contributed by atoms with Gasteiger partial charge in [-0.2, -0.15) is 0 Å². The molecule has 86 valence electrons. The van der Waals surface area contributed by atoms with Crippen molar-refractivity contribution in [2.45, 2.75) is 13.3 Å². The molecule has 1 rings (SSSR count). The quantitative estimate of drug-likeness (QED) is 0.626. The van der Waals surface area contributed by atoms with Crippen molar-refractivity contribution in [3.63, 3.8) is 0 Å². The highest BCUT2D eigenvalue weighted by molar-refractivity contribution is 5.95. The number of nitrogens with two attached hydrogens (primary N) is 1. The summed E-state index contributed by atoms with van der Waals surface area (Å²) in [5, 5.41) is 10.6. The van der Waals surface area contributed by atoms with Crippen molar-refractivity contribution in [2.75, 3.05) is 0 Å². The molecule has 0 fully saturated rings. The molecule has 1 aromatic rings. The number of primary amides is 1. The third kappa shape index (κ3) is 2.10. The first-order chi connectivity index (χ1) is 7.34. The third-order valence-corrected chi connectivity index (χ3v) is 1.80. The number of amides is 1. The van der Waals surface area contributed by atoms with Crippen LogP contribution in [-0.4, -0.2) is 15.8 Å². The molecule has 16 heavy (non-hydrogen) atoms. The third-order valence-electron chi connectivity index (χ3n) is 1.80. The molecule has 0 saturated heterocycles. The number of aryl methyl sites for hydroxylation is 1. The second-order valence-electron chi connectivity index (χ2n) is 2.97. The highest BCUT2D eigenvalue weighted by Crippen LogP contribution is 2.31. The van der Waals surface area contributed by atoms with Gasteiger partial charge >= 0.3 is 5.69 Å². The summed E-state index contributed by atoms with van der Waals surface area (Å²) >= 11 is 0. The zero-order chi connectivity index (χ0) is 12.5. The number of aromatic nitrogens is 1. The zero-order valence-electron chi connectivity index (χ0n) is 8.11. The highest BCUT2D eigenvalue weighted by Gasteiger charge is 2.30. The van der Waals surface area contributed by atoms with Crippen molar-refractivity contribution in [3.05, 3.63) is 33.1 Å². The van der Waals surface area contributed by atoms with Crippen LogP contribution in [0.2, 0.25) is 0 Å². The summed E-state index contributed by atoms with van der Waals surface area (Å²) in [6, 6.07) is 0.856. The van der Waals surface area contributed by atoms with E-state index in [9.17, 15) is 23.7 Å². The minimum absolute atomic E-state index is 0.0645. The Hall–Kier alpha value is -2.12. The van der Waals surface area contributed by atoms with E-state index in [1.54, 1.807) is 0 Å². The summed E-state index contributed by atoms with van der Waals surface area (Å²) in [6.07, 6.45) is -3.07. The number of alkyl halides is 2. The minimum atomic E-state index is -3.07. The van der Waals surface area contributed by atoms with Gasteiger partial charge in [0.25, 0.3) is 12.3 Å². The van der Waals surface area contributed by atoms with Crippen LogP contribution in [0.5, 0.6) is 0 Å². The summed E-state index contributed by atoms with van der Waals surface area (Å²) < 4.78 is 25.1. The van der Waals surface area contributed by atoms with E-state index < -0.39 is 34.2 Å². The zero-order valence-corrected chi connectivity index (χ0v) is 8.11. The Labute approximate surface area is 88.2 Å². The van der Waals surface area contributed by atoms with Gasteiger partial charge in [0, 0.05) is 5.69 Å². The normalized spacial score (nSPS) is 10.5. The second kappa shape index (κ2) is 4.17. The van der Waals surface area contributed by atoms with Crippen LogP contribution in [0.25, 0.3) is 0 Å². The largest absolute Gasteiger partial charge is 0.364 e. The molecule has 1 heterocycles. The molecular weight excluding hydrogens is 224 g/mol. The van der Waals surface area contributed by atoms with Gasteiger partial charge in [0.05, 0.1) is 10.5 Å². The standard InChI is InChI=1S/C8H7F2N3O3/c1-3-2-4(7(9)10)6(13(15)16)5(12-3)8(11)14/h2,7H,1H3,(H2,11,14). The Morgan fingerprint density at radius 1 is 1.62 bits per heavy atom. The molecule has 0 saturated carbocycles. The molecule has 0 aromatic carbocycles. The molecule has 8 heteroatoms. The topological polar surface area (TPSA) is 99.1 Å². The SMILES string of the molecule is Cc1cc(C(F)F)c([N+](=O)[O-])c(C(N)=O)n1. The number of rotatable bonds is 3. The van der Waals surface area contributed by atoms with E-state index >= 15 is 0 Å². The number of nitrogens with zero attached hydrogens (tertiary/aromatic N) is 2. The van der Waals surface area contributed by atoms with E-state index in [2.05, 4.69) is 4.98 Å². The average Bonchev–Trinajstić information content (AvgIpc) is 2.15. The summed E-state index contributed by atoms with van der Waals surface area (Å²) in [6.45, 7) is 1.34. The van der Waals surface area contributed by atoms with Crippen LogP contribution in [-0.2, 0) is 0 Å². The van der Waals surface area contributed by atoms with Gasteiger partial charge < -0.3 is 5.73 Å². The molecule has 0 aliphatic rings. The fraction of sp³-hybridized carbons (Fsp3) is 0.250. The van der Waals surface area contributed by atoms with Gasteiger partial charge in [-0.3, -0.25) is 14.9 Å². The molecule has 0 bridgehead atoms. The maximum atomic E-state index is 12.5. The van der Waals surface area contributed by atoms with Gasteiger partial charge in [0.2, 0.25) is 5.69 Å². The van der Waals surface area contributed by atoms with Crippen LogP contribution in [0.3, 0.4) is 0 Å². The van der Waals surface area contributed by atoms with Crippen molar-refractivity contribution in [1.29, 1.82) is 0 Å². The molecule has 6 nitrogen and oxygen atoms in total. The lowest BCUT2D eigenvalue weighted by molar-refractivity contribution is -0.386. The Balaban J connectivity index is 3.60. The van der Waals surface area contributed by atoms with E-state index in [1.807, 2.05) is 0 Å². The maximum absolute atomic E-state index is 12.5. The van der Waals surface area contributed by atoms with E-state index in [1.165, 1.54) is 6.92 Å². The van der Waals surface area contributed by atoms with Gasteiger partial charge in [-0.05, 0) is 13.0 Å². The van der Waals surface area contributed by atoms with Crippen LogP contribution in [0.15, 0.2) is 6.07 Å². The Morgan fingerprint density at radius 2 is 2.19 bits per heavy atom. The van der Waals surface area contributed by atoms with E-state index in [0.717, 1.165) is 6.07 Å². The van der Waals surface area contributed by atoms with Crippen molar-refractivity contribution in [2.24, 2.45) is 5.73 Å². The number of halogens is 2. The smallest absolute Gasteiger partial charge is 0.309 e. The lowest BCUT2D eigenvalue weighted by Gasteiger charge is -2.05. The number of hydrogen-bond donors (Lipinski definition) is 1. The van der Waals surface area contributed by atoms with Crippen molar-refractivity contribution < 1.29 is 18.5 Å². The summed E-state index contributed by atoms with van der Waals surface area (Å²) in [5.41, 5.74) is 2.26. The van der Waals surface area contributed by atoms with Crippen LogP contribution >= 0.6 is 0 Å². The van der Waals surface area contributed by atoms with Crippen LogP contribution in [0.4, 0.5) is 14.5 Å². The van der Waals surface area contributed by atoms with Crippen LogP contribution < -0.4 is 5.73 Å². The number of nitro groups is 1. The Morgan fingerprint density at radius 3 is 2.56 bits per heavy atom. The van der Waals surface area contributed by atoms with E-state index in [0.29, 0.717) is 0 Å². The first kappa shape index (κ1) is 12.0. The first-order valence-corrected chi connectivity index (χ1v) is 4.08. The number of carbonyl (C=O) groups excluding carboxylic acids is 1. The number of pyridine rings is 1. The lowest BCUT2D eigenvalue weighted by Crippen LogP contribution is -2.17. The first-order valence-electron chi connectivity index (χ1n) is 4.08. The molecule has 0 aliphatic carbocycles. The van der Waals surface area contributed by atoms with Gasteiger partial charge in [-0.25, -0.2) is 13.8 Å². The summed E-state index contributed by atoms with van der Waals surface area (Å²) in [4.78, 5) is 23.8. The number of carbonyl (C=O) groups is 1. The average molecular weight is 231 g/mol. The monoisotopic (exact) mass is 231 g/mol. The molecule has 1 aromatic heterocycles. The van der Waals surface area contributed by atoms with Gasteiger partial charge in [-0.1, -0.05) is 0 Å². The van der Waals surface area contributed by atoms with Crippen molar-refractivity contribution >= 4 is 11.6 Å². The van der Waals surface area contributed by atoms with E-state index in [4.69, 9.17) is 5.73 Å². The van der Waals surface area contributed by atoms with Gasteiger partial charge in [0.1, 0.15) is 0 Å². The maximum Gasteiger partial charge on any atom is 0.309 e. The van der Waals surface area contributed by atoms with E-state index in [-0.39, 0.29) is 5.69 Å². The molecule has 0 radical (unpaired) electrons. The van der Waals surface area contributed by atoms with Crippen molar-refractivity contribution in [1.82, 2.24) is 4.98 Å². The van der Waals surface area contributed by atoms with Crippen LogP contribution in [0.1, 0.15) is 28.2 Å².